The van der Waals surface area contributed by atoms with Gasteiger partial charge in [-0.15, -0.1) is 0 Å². The number of imidazole rings is 1. The average Bonchev–Trinajstić information content (AvgIpc) is 2.88. The van der Waals surface area contributed by atoms with Gasteiger partial charge in [-0.25, -0.2) is 4.98 Å². The molecule has 0 fully saturated rings. The third-order valence-electron chi connectivity index (χ3n) is 3.56. The fourth-order valence-electron chi connectivity index (χ4n) is 2.65. The van der Waals surface area contributed by atoms with Gasteiger partial charge in [0.05, 0.1) is 28.0 Å². The Kier molecular flexibility index (Phi) is 4.76. The van der Waals surface area contributed by atoms with Crippen LogP contribution in [0, 0.1) is 0 Å². The minimum atomic E-state index is 0.502. The van der Waals surface area contributed by atoms with Crippen LogP contribution in [0.2, 0.25) is 10.0 Å². The molecule has 120 valence electrons. The van der Waals surface area contributed by atoms with Crippen LogP contribution in [0.15, 0.2) is 36.5 Å². The molecule has 0 aliphatic rings. The van der Waals surface area contributed by atoms with E-state index in [1.54, 1.807) is 6.07 Å². The molecule has 4 nitrogen and oxygen atoms in total. The maximum atomic E-state index is 6.31. The van der Waals surface area contributed by atoms with Gasteiger partial charge in [-0.3, -0.25) is 0 Å². The molecule has 6 heteroatoms. The van der Waals surface area contributed by atoms with Crippen molar-refractivity contribution in [2.75, 3.05) is 13.2 Å². The average molecular weight is 350 g/mol. The SMILES string of the molecule is CCOc1ccccc1-c1nc2c(Cl)cc(Cl)cn2c1CCN. The van der Waals surface area contributed by atoms with E-state index in [0.717, 1.165) is 22.7 Å². The lowest BCUT2D eigenvalue weighted by Gasteiger charge is -2.10. The number of halogens is 2. The minimum Gasteiger partial charge on any atom is -0.493 e. The van der Waals surface area contributed by atoms with E-state index in [4.69, 9.17) is 38.7 Å². The second kappa shape index (κ2) is 6.79. The second-order valence-electron chi connectivity index (χ2n) is 5.07. The lowest BCUT2D eigenvalue weighted by molar-refractivity contribution is 0.341. The Morgan fingerprint density at radius 3 is 2.78 bits per heavy atom. The van der Waals surface area contributed by atoms with Gasteiger partial charge in [-0.1, -0.05) is 35.3 Å². The van der Waals surface area contributed by atoms with Crippen LogP contribution in [0.1, 0.15) is 12.6 Å². The molecule has 0 atom stereocenters. The van der Waals surface area contributed by atoms with Gasteiger partial charge >= 0.3 is 0 Å². The molecule has 0 aliphatic heterocycles. The second-order valence-corrected chi connectivity index (χ2v) is 5.92. The molecule has 0 saturated carbocycles. The summed E-state index contributed by atoms with van der Waals surface area (Å²) >= 11 is 12.4. The van der Waals surface area contributed by atoms with Crippen molar-refractivity contribution in [3.8, 4) is 17.0 Å². The highest BCUT2D eigenvalue weighted by molar-refractivity contribution is 6.36. The molecule has 2 heterocycles. The quantitative estimate of drug-likeness (QED) is 0.750. The Bertz CT molecular complexity index is 845. The molecule has 2 N–H and O–H groups in total. The lowest BCUT2D eigenvalue weighted by atomic mass is 10.1. The summed E-state index contributed by atoms with van der Waals surface area (Å²) in [4.78, 5) is 4.72. The standard InChI is InChI=1S/C17H17Cl2N3O/c1-2-23-15-6-4-3-5-12(15)16-14(7-8-20)22-10-11(18)9-13(19)17(22)21-16/h3-6,9-10H,2,7-8,20H2,1H3. The van der Waals surface area contributed by atoms with Gasteiger partial charge < -0.3 is 14.9 Å². The molecule has 0 saturated heterocycles. The van der Waals surface area contributed by atoms with E-state index in [0.29, 0.717) is 35.3 Å². The number of pyridine rings is 1. The molecule has 0 bridgehead atoms. The summed E-state index contributed by atoms with van der Waals surface area (Å²) in [6, 6.07) is 9.52. The molecule has 3 rings (SSSR count). The van der Waals surface area contributed by atoms with Crippen LogP contribution in [0.5, 0.6) is 5.75 Å². The number of hydrogen-bond acceptors (Lipinski definition) is 3. The summed E-state index contributed by atoms with van der Waals surface area (Å²) in [5.74, 6) is 0.791. The summed E-state index contributed by atoms with van der Waals surface area (Å²) in [6.07, 6.45) is 2.47. The van der Waals surface area contributed by atoms with Gasteiger partial charge in [-0.05, 0) is 31.7 Å². The Morgan fingerprint density at radius 1 is 1.26 bits per heavy atom. The summed E-state index contributed by atoms with van der Waals surface area (Å²) in [6.45, 7) is 3.04. The molecule has 3 aromatic rings. The van der Waals surface area contributed by atoms with Gasteiger partial charge in [0.2, 0.25) is 0 Å². The molecule has 0 amide bonds. The van der Waals surface area contributed by atoms with Crippen LogP contribution in [-0.2, 0) is 6.42 Å². The largest absolute Gasteiger partial charge is 0.493 e. The van der Waals surface area contributed by atoms with Crippen molar-refractivity contribution in [1.29, 1.82) is 0 Å². The van der Waals surface area contributed by atoms with Gasteiger partial charge in [0.1, 0.15) is 5.75 Å². The van der Waals surface area contributed by atoms with Crippen molar-refractivity contribution in [3.05, 3.63) is 52.3 Å². The third kappa shape index (κ3) is 3.02. The first-order valence-electron chi connectivity index (χ1n) is 7.44. The topological polar surface area (TPSA) is 52.5 Å². The number of hydrogen-bond donors (Lipinski definition) is 1. The Morgan fingerprint density at radius 2 is 2.04 bits per heavy atom. The zero-order chi connectivity index (χ0) is 16.4. The fourth-order valence-corrected chi connectivity index (χ4v) is 3.17. The number of para-hydroxylation sites is 1. The van der Waals surface area contributed by atoms with E-state index in [1.165, 1.54) is 0 Å². The van der Waals surface area contributed by atoms with Crippen LogP contribution in [0.25, 0.3) is 16.9 Å². The molecule has 0 unspecified atom stereocenters. The number of benzene rings is 1. The number of aromatic nitrogens is 2. The number of fused-ring (bicyclic) bond motifs is 1. The Labute approximate surface area is 144 Å². The highest BCUT2D eigenvalue weighted by atomic mass is 35.5. The van der Waals surface area contributed by atoms with Crippen molar-refractivity contribution in [1.82, 2.24) is 9.38 Å². The predicted octanol–water partition coefficient (Wildman–Crippen LogP) is 4.21. The minimum absolute atomic E-state index is 0.502. The molecular formula is C17H17Cl2N3O. The molecule has 23 heavy (non-hydrogen) atoms. The van der Waals surface area contributed by atoms with E-state index in [1.807, 2.05) is 41.8 Å². The summed E-state index contributed by atoms with van der Waals surface area (Å²) in [7, 11) is 0. The third-order valence-corrected chi connectivity index (χ3v) is 4.05. The maximum absolute atomic E-state index is 6.31. The van der Waals surface area contributed by atoms with Gasteiger partial charge in [-0.2, -0.15) is 0 Å². The highest BCUT2D eigenvalue weighted by Crippen LogP contribution is 2.34. The molecule has 0 aliphatic carbocycles. The van der Waals surface area contributed by atoms with Crippen molar-refractivity contribution in [2.45, 2.75) is 13.3 Å². The number of ether oxygens (including phenoxy) is 1. The van der Waals surface area contributed by atoms with Gasteiger partial charge in [0.25, 0.3) is 0 Å². The normalized spacial score (nSPS) is 11.1. The van der Waals surface area contributed by atoms with Crippen LogP contribution < -0.4 is 10.5 Å². The first-order valence-corrected chi connectivity index (χ1v) is 8.19. The molecule has 2 aromatic heterocycles. The molecule has 1 aromatic carbocycles. The van der Waals surface area contributed by atoms with Gasteiger partial charge in [0.15, 0.2) is 5.65 Å². The maximum Gasteiger partial charge on any atom is 0.156 e. The fraction of sp³-hybridized carbons (Fsp3) is 0.235. The molecule has 0 spiro atoms. The highest BCUT2D eigenvalue weighted by Gasteiger charge is 2.18. The van der Waals surface area contributed by atoms with E-state index < -0.39 is 0 Å². The Hall–Kier alpha value is -1.75. The summed E-state index contributed by atoms with van der Waals surface area (Å²) < 4.78 is 7.65. The van der Waals surface area contributed by atoms with E-state index in [-0.39, 0.29) is 0 Å². The van der Waals surface area contributed by atoms with E-state index in [2.05, 4.69) is 0 Å². The Balaban J connectivity index is 2.29. The number of nitrogens with zero attached hydrogens (tertiary/aromatic N) is 2. The summed E-state index contributed by atoms with van der Waals surface area (Å²) in [5.41, 5.74) is 9.18. The van der Waals surface area contributed by atoms with E-state index >= 15 is 0 Å². The predicted molar refractivity (Wildman–Crippen MR) is 94.6 cm³/mol. The smallest absolute Gasteiger partial charge is 0.156 e. The summed E-state index contributed by atoms with van der Waals surface area (Å²) in [5, 5.41) is 1.07. The van der Waals surface area contributed by atoms with Crippen molar-refractivity contribution in [3.63, 3.8) is 0 Å². The van der Waals surface area contributed by atoms with E-state index in [9.17, 15) is 0 Å². The molecular weight excluding hydrogens is 333 g/mol. The van der Waals surface area contributed by atoms with Crippen molar-refractivity contribution < 1.29 is 4.74 Å². The molecule has 0 radical (unpaired) electrons. The first kappa shape index (κ1) is 16.1. The number of nitrogens with two attached hydrogens (primary N) is 1. The number of rotatable bonds is 5. The van der Waals surface area contributed by atoms with Crippen LogP contribution in [-0.4, -0.2) is 22.5 Å². The van der Waals surface area contributed by atoms with Crippen LogP contribution in [0.4, 0.5) is 0 Å². The van der Waals surface area contributed by atoms with Gasteiger partial charge in [0, 0.05) is 18.2 Å². The monoisotopic (exact) mass is 349 g/mol. The van der Waals surface area contributed by atoms with Crippen LogP contribution >= 0.6 is 23.2 Å². The first-order chi connectivity index (χ1) is 11.2. The lowest BCUT2D eigenvalue weighted by Crippen LogP contribution is -2.06. The zero-order valence-electron chi connectivity index (χ0n) is 12.7. The zero-order valence-corrected chi connectivity index (χ0v) is 14.2. The van der Waals surface area contributed by atoms with Crippen molar-refractivity contribution >= 4 is 28.8 Å². The van der Waals surface area contributed by atoms with Crippen LogP contribution in [0.3, 0.4) is 0 Å². The van der Waals surface area contributed by atoms with Crippen molar-refractivity contribution in [2.24, 2.45) is 5.73 Å².